The lowest BCUT2D eigenvalue weighted by Crippen LogP contribution is -2.62. The molecule has 1 amide bonds. The molecule has 4 fully saturated rings. The Morgan fingerprint density at radius 2 is 1.72 bits per heavy atom. The molecule has 0 saturated heterocycles. The summed E-state index contributed by atoms with van der Waals surface area (Å²) in [6, 6.07) is -0.332. The third-order valence-corrected chi connectivity index (χ3v) is 6.65. The lowest BCUT2D eigenvalue weighted by atomic mass is 9.53. The van der Waals surface area contributed by atoms with Gasteiger partial charge in [-0.2, -0.15) is 0 Å². The summed E-state index contributed by atoms with van der Waals surface area (Å²) in [5, 5.41) is 6.68. The van der Waals surface area contributed by atoms with E-state index in [1.165, 1.54) is 32.4 Å². The van der Waals surface area contributed by atoms with Crippen molar-refractivity contribution in [1.82, 2.24) is 10.6 Å². The van der Waals surface area contributed by atoms with E-state index in [1.807, 2.05) is 20.8 Å². The third kappa shape index (κ3) is 5.49. The Morgan fingerprint density at radius 3 is 2.24 bits per heavy atom. The summed E-state index contributed by atoms with van der Waals surface area (Å²) in [5.41, 5.74) is 0.856. The van der Waals surface area contributed by atoms with E-state index in [0.717, 1.165) is 48.4 Å². The number of rotatable bonds is 7. The summed E-state index contributed by atoms with van der Waals surface area (Å²) in [6.07, 6.45) is 13.0. The van der Waals surface area contributed by atoms with Crippen LogP contribution in [0.2, 0.25) is 0 Å². The monoisotopic (exact) mass is 401 g/mol. The van der Waals surface area contributed by atoms with Crippen LogP contribution in [0.25, 0.3) is 0 Å². The molecule has 4 bridgehead atoms. The summed E-state index contributed by atoms with van der Waals surface area (Å²) in [5.74, 6) is 2.85. The lowest BCUT2D eigenvalue weighted by molar-refractivity contribution is -0.134. The van der Waals surface area contributed by atoms with Crippen molar-refractivity contribution in [1.29, 1.82) is 0 Å². The first-order valence-electron chi connectivity index (χ1n) is 10.9. The molecule has 1 atom stereocenters. The number of hydrogen-bond acceptors (Lipinski definition) is 4. The number of amides is 1. The number of carbonyl (C=O) groups excluding carboxylic acids is 2. The maximum Gasteiger partial charge on any atom is 0.330 e. The Labute approximate surface area is 174 Å². The first-order valence-corrected chi connectivity index (χ1v) is 10.9. The van der Waals surface area contributed by atoms with Crippen molar-refractivity contribution in [3.63, 3.8) is 0 Å². The van der Waals surface area contributed by atoms with E-state index in [1.54, 1.807) is 12.3 Å². The van der Waals surface area contributed by atoms with Crippen LogP contribution < -0.4 is 10.6 Å². The second-order valence-electron chi connectivity index (χ2n) is 9.21. The Morgan fingerprint density at radius 1 is 1.14 bits per heavy atom. The highest BCUT2D eigenvalue weighted by atomic mass is 16.5. The minimum atomic E-state index is -0.398. The van der Waals surface area contributed by atoms with Crippen molar-refractivity contribution in [2.24, 2.45) is 22.7 Å². The predicted molar refractivity (Wildman–Crippen MR) is 114 cm³/mol. The van der Waals surface area contributed by atoms with E-state index in [2.05, 4.69) is 20.4 Å². The fraction of sp³-hybridized carbons (Fsp3) is 0.696. The Hall–Kier alpha value is -2.11. The normalized spacial score (nSPS) is 32.3. The Balaban J connectivity index is 1.56. The molecule has 160 valence electrons. The van der Waals surface area contributed by atoms with Crippen LogP contribution in [0.4, 0.5) is 0 Å². The Bertz CT molecular complexity index is 688. The molecular weight excluding hydrogens is 366 g/mol. The molecule has 0 unspecified atom stereocenters. The van der Waals surface area contributed by atoms with Crippen LogP contribution in [0, 0.1) is 17.8 Å². The van der Waals surface area contributed by atoms with Crippen molar-refractivity contribution in [2.45, 2.75) is 77.3 Å². The van der Waals surface area contributed by atoms with Crippen LogP contribution in [0.15, 0.2) is 28.9 Å². The molecule has 4 saturated carbocycles. The quantitative estimate of drug-likeness (QED) is 0.225. The van der Waals surface area contributed by atoms with Gasteiger partial charge in [0.25, 0.3) is 0 Å². The average molecular weight is 402 g/mol. The minimum absolute atomic E-state index is 0.0282. The number of carbonyl (C=O) groups is 2. The van der Waals surface area contributed by atoms with Gasteiger partial charge in [0.05, 0.1) is 7.11 Å². The van der Waals surface area contributed by atoms with Gasteiger partial charge in [0, 0.05) is 24.2 Å². The van der Waals surface area contributed by atoms with Gasteiger partial charge in [-0.15, -0.1) is 0 Å². The number of allylic oxidation sites excluding steroid dienone is 2. The van der Waals surface area contributed by atoms with Gasteiger partial charge in [-0.25, -0.2) is 9.79 Å². The van der Waals surface area contributed by atoms with Crippen LogP contribution in [0.5, 0.6) is 0 Å². The van der Waals surface area contributed by atoms with E-state index >= 15 is 0 Å². The number of nitrogens with zero attached hydrogens (tertiary/aromatic N) is 1. The van der Waals surface area contributed by atoms with Crippen molar-refractivity contribution in [3.8, 4) is 0 Å². The SMILES string of the molecule is CC\C(=N/C=C(C)/C=C/C(=O)OC)N[C@H](C)C(=O)NC12CC3CC(CC(C3)C1)C2. The fourth-order valence-electron chi connectivity index (χ4n) is 5.67. The van der Waals surface area contributed by atoms with Gasteiger partial charge in [0.1, 0.15) is 11.9 Å². The highest BCUT2D eigenvalue weighted by Crippen LogP contribution is 2.55. The van der Waals surface area contributed by atoms with Crippen molar-refractivity contribution in [3.05, 3.63) is 23.9 Å². The molecule has 4 aliphatic carbocycles. The van der Waals surface area contributed by atoms with E-state index < -0.39 is 5.97 Å². The molecule has 6 heteroatoms. The third-order valence-electron chi connectivity index (χ3n) is 6.65. The molecular formula is C23H35N3O3. The lowest BCUT2D eigenvalue weighted by Gasteiger charge is -2.57. The maximum atomic E-state index is 12.9. The summed E-state index contributed by atoms with van der Waals surface area (Å²) in [6.45, 7) is 5.76. The van der Waals surface area contributed by atoms with E-state index in [-0.39, 0.29) is 17.5 Å². The van der Waals surface area contributed by atoms with Gasteiger partial charge in [0.15, 0.2) is 0 Å². The highest BCUT2D eigenvalue weighted by Gasteiger charge is 2.51. The number of aliphatic imine (C=N–C) groups is 1. The molecule has 0 heterocycles. The predicted octanol–water partition coefficient (Wildman–Crippen LogP) is 3.49. The van der Waals surface area contributed by atoms with Crippen LogP contribution in [0.3, 0.4) is 0 Å². The van der Waals surface area contributed by atoms with Gasteiger partial charge in [-0.1, -0.05) is 13.0 Å². The van der Waals surface area contributed by atoms with Gasteiger partial charge in [0.2, 0.25) is 5.91 Å². The zero-order valence-corrected chi connectivity index (χ0v) is 18.2. The van der Waals surface area contributed by atoms with Crippen LogP contribution >= 0.6 is 0 Å². The van der Waals surface area contributed by atoms with Gasteiger partial charge >= 0.3 is 5.97 Å². The molecule has 6 nitrogen and oxygen atoms in total. The molecule has 0 aromatic heterocycles. The number of esters is 1. The summed E-state index contributed by atoms with van der Waals surface area (Å²) in [4.78, 5) is 28.5. The second kappa shape index (κ2) is 9.14. The number of methoxy groups -OCH3 is 1. The molecule has 0 aromatic rings. The fourth-order valence-corrected chi connectivity index (χ4v) is 5.67. The molecule has 29 heavy (non-hydrogen) atoms. The highest BCUT2D eigenvalue weighted by molar-refractivity contribution is 5.90. The molecule has 0 spiro atoms. The number of nitrogens with one attached hydrogen (secondary N) is 2. The largest absolute Gasteiger partial charge is 0.466 e. The molecule has 4 rings (SSSR count). The zero-order valence-electron chi connectivity index (χ0n) is 18.2. The minimum Gasteiger partial charge on any atom is -0.466 e. The van der Waals surface area contributed by atoms with Crippen molar-refractivity contribution >= 4 is 17.7 Å². The van der Waals surface area contributed by atoms with E-state index in [9.17, 15) is 9.59 Å². The number of hydrogen-bond donors (Lipinski definition) is 2. The molecule has 0 aliphatic heterocycles. The molecule has 0 radical (unpaired) electrons. The maximum absolute atomic E-state index is 12.9. The standard InChI is InChI=1S/C23H35N3O3/c1-5-20(24-14-15(2)6-7-21(27)29-4)25-16(3)22(28)26-23-11-17-8-18(12-23)10-19(9-17)13-23/h6-7,14,16-19H,5,8-13H2,1-4H3,(H,24,25)(H,26,28)/b7-6+,15-14+/t16-,17?,18?,19?,23?/m1/s1. The van der Waals surface area contributed by atoms with E-state index in [0.29, 0.717) is 6.42 Å². The Kier molecular flexibility index (Phi) is 6.81. The summed E-state index contributed by atoms with van der Waals surface area (Å²) in [7, 11) is 1.35. The van der Waals surface area contributed by atoms with Crippen LogP contribution in [-0.2, 0) is 14.3 Å². The molecule has 4 aliphatic rings. The van der Waals surface area contributed by atoms with Crippen LogP contribution in [0.1, 0.15) is 65.7 Å². The average Bonchev–Trinajstić information content (AvgIpc) is 2.67. The van der Waals surface area contributed by atoms with Gasteiger partial charge in [-0.05, 0) is 75.7 Å². The van der Waals surface area contributed by atoms with E-state index in [4.69, 9.17) is 0 Å². The van der Waals surface area contributed by atoms with Crippen molar-refractivity contribution in [2.75, 3.05) is 7.11 Å². The summed E-state index contributed by atoms with van der Waals surface area (Å²) >= 11 is 0. The van der Waals surface area contributed by atoms with Crippen LogP contribution in [-0.4, -0.2) is 36.4 Å². The number of amidine groups is 1. The zero-order chi connectivity index (χ0) is 21.0. The van der Waals surface area contributed by atoms with Crippen molar-refractivity contribution < 1.29 is 14.3 Å². The number of ether oxygens (including phenoxy) is 1. The van der Waals surface area contributed by atoms with Gasteiger partial charge in [-0.3, -0.25) is 4.79 Å². The first kappa shape index (κ1) is 21.6. The topological polar surface area (TPSA) is 79.8 Å². The smallest absolute Gasteiger partial charge is 0.330 e. The van der Waals surface area contributed by atoms with Gasteiger partial charge < -0.3 is 15.4 Å². The molecule has 0 aromatic carbocycles. The second-order valence-corrected chi connectivity index (χ2v) is 9.21. The molecule has 2 N–H and O–H groups in total. The first-order chi connectivity index (χ1) is 13.8. The summed E-state index contributed by atoms with van der Waals surface area (Å²) < 4.78 is 4.58.